The van der Waals surface area contributed by atoms with E-state index in [0.29, 0.717) is 6.54 Å². The van der Waals surface area contributed by atoms with Crippen molar-refractivity contribution in [3.8, 4) is 11.3 Å². The van der Waals surface area contributed by atoms with E-state index < -0.39 is 0 Å². The van der Waals surface area contributed by atoms with E-state index in [0.717, 1.165) is 36.1 Å². The third-order valence-electron chi connectivity index (χ3n) is 5.28. The molecule has 1 saturated carbocycles. The van der Waals surface area contributed by atoms with Crippen LogP contribution in [0.3, 0.4) is 0 Å². The number of aromatic nitrogens is 2. The maximum Gasteiger partial charge on any atom is 0.191 e. The molecule has 0 spiro atoms. The third kappa shape index (κ3) is 4.25. The van der Waals surface area contributed by atoms with Gasteiger partial charge in [-0.15, -0.1) is 0 Å². The lowest BCUT2D eigenvalue weighted by Gasteiger charge is -2.19. The molecule has 0 amide bonds. The van der Waals surface area contributed by atoms with Crippen LogP contribution in [-0.4, -0.2) is 29.0 Å². The van der Waals surface area contributed by atoms with Crippen LogP contribution in [0.5, 0.6) is 0 Å². The van der Waals surface area contributed by atoms with Crippen molar-refractivity contribution >= 4 is 5.96 Å². The molecule has 0 bridgehead atoms. The number of aliphatic imine (C=N–C) groups is 1. The Morgan fingerprint density at radius 3 is 2.43 bits per heavy atom. The first-order chi connectivity index (χ1) is 13.8. The summed E-state index contributed by atoms with van der Waals surface area (Å²) in [4.78, 5) is 12.6. The van der Waals surface area contributed by atoms with Gasteiger partial charge >= 0.3 is 0 Å². The number of nitrogens with zero attached hydrogens (tertiary/aromatic N) is 2. The molecule has 5 heteroatoms. The van der Waals surface area contributed by atoms with Gasteiger partial charge in [-0.3, -0.25) is 0 Å². The minimum atomic E-state index is 0.253. The number of hydrogen-bond acceptors (Lipinski definition) is 2. The number of benzene rings is 2. The standard InChI is InChI=1S/C23H27N5/c1-2-24-22(27-17-23(13-14-23)19-11-7-4-8-12-19)26-16-21-25-15-20(28-21)18-9-5-3-6-10-18/h3-12,15H,2,13-14,16-17H2,1H3,(H,25,28)(H2,24,26,27). The van der Waals surface area contributed by atoms with Crippen LogP contribution in [0.25, 0.3) is 11.3 Å². The van der Waals surface area contributed by atoms with Gasteiger partial charge < -0.3 is 15.6 Å². The zero-order chi connectivity index (χ0) is 19.2. The number of H-pyrrole nitrogens is 1. The highest BCUT2D eigenvalue weighted by Gasteiger charge is 2.43. The van der Waals surface area contributed by atoms with Crippen LogP contribution in [0.15, 0.2) is 71.9 Å². The van der Waals surface area contributed by atoms with Crippen molar-refractivity contribution in [2.75, 3.05) is 13.1 Å². The monoisotopic (exact) mass is 373 g/mol. The van der Waals surface area contributed by atoms with Gasteiger partial charge in [0, 0.05) is 18.5 Å². The molecule has 0 radical (unpaired) electrons. The summed E-state index contributed by atoms with van der Waals surface area (Å²) < 4.78 is 0. The van der Waals surface area contributed by atoms with Crippen LogP contribution in [-0.2, 0) is 12.0 Å². The van der Waals surface area contributed by atoms with Gasteiger partial charge in [0.1, 0.15) is 12.4 Å². The van der Waals surface area contributed by atoms with E-state index in [1.807, 2.05) is 24.4 Å². The normalized spacial score (nSPS) is 15.2. The lowest BCUT2D eigenvalue weighted by molar-refractivity contribution is 0.645. The van der Waals surface area contributed by atoms with E-state index in [4.69, 9.17) is 4.99 Å². The van der Waals surface area contributed by atoms with Crippen LogP contribution in [0, 0.1) is 0 Å². The Morgan fingerprint density at radius 1 is 1.04 bits per heavy atom. The summed E-state index contributed by atoms with van der Waals surface area (Å²) in [5, 5.41) is 6.87. The summed E-state index contributed by atoms with van der Waals surface area (Å²) >= 11 is 0. The van der Waals surface area contributed by atoms with Gasteiger partial charge in [-0.1, -0.05) is 60.7 Å². The second kappa shape index (κ2) is 8.30. The minimum Gasteiger partial charge on any atom is -0.357 e. The van der Waals surface area contributed by atoms with E-state index >= 15 is 0 Å². The molecule has 144 valence electrons. The summed E-state index contributed by atoms with van der Waals surface area (Å²) in [7, 11) is 0. The van der Waals surface area contributed by atoms with Gasteiger partial charge in [0.15, 0.2) is 5.96 Å². The molecule has 0 saturated heterocycles. The average molecular weight is 374 g/mol. The molecule has 1 aliphatic rings. The lowest BCUT2D eigenvalue weighted by atomic mass is 9.96. The Bertz CT molecular complexity index is 910. The number of aromatic amines is 1. The molecule has 3 aromatic rings. The predicted octanol–water partition coefficient (Wildman–Crippen LogP) is 3.86. The number of nitrogens with one attached hydrogen (secondary N) is 3. The lowest BCUT2D eigenvalue weighted by Crippen LogP contribution is -2.41. The highest BCUT2D eigenvalue weighted by molar-refractivity contribution is 5.80. The number of imidazole rings is 1. The maximum absolute atomic E-state index is 4.72. The first-order valence-corrected chi connectivity index (χ1v) is 9.96. The second-order valence-corrected chi connectivity index (χ2v) is 7.30. The first-order valence-electron chi connectivity index (χ1n) is 9.96. The zero-order valence-corrected chi connectivity index (χ0v) is 16.3. The van der Waals surface area contributed by atoms with Crippen LogP contribution in [0.4, 0.5) is 0 Å². The fourth-order valence-corrected chi connectivity index (χ4v) is 3.47. The molecule has 1 aromatic heterocycles. The molecule has 0 atom stereocenters. The van der Waals surface area contributed by atoms with Crippen molar-refractivity contribution in [2.24, 2.45) is 4.99 Å². The first kappa shape index (κ1) is 18.3. The summed E-state index contributed by atoms with van der Waals surface area (Å²) in [6.45, 7) is 4.33. The molecule has 1 heterocycles. The summed E-state index contributed by atoms with van der Waals surface area (Å²) in [5.74, 6) is 1.70. The average Bonchev–Trinajstić information content (AvgIpc) is 3.40. The third-order valence-corrected chi connectivity index (χ3v) is 5.28. The smallest absolute Gasteiger partial charge is 0.191 e. The molecule has 1 fully saturated rings. The predicted molar refractivity (Wildman–Crippen MR) is 114 cm³/mol. The van der Waals surface area contributed by atoms with Crippen LogP contribution in [0.2, 0.25) is 0 Å². The summed E-state index contributed by atoms with van der Waals surface area (Å²) in [5.41, 5.74) is 3.82. The van der Waals surface area contributed by atoms with Crippen molar-refractivity contribution in [1.29, 1.82) is 0 Å². The fraction of sp³-hybridized carbons (Fsp3) is 0.304. The molecule has 28 heavy (non-hydrogen) atoms. The van der Waals surface area contributed by atoms with E-state index in [-0.39, 0.29) is 5.41 Å². The highest BCUT2D eigenvalue weighted by atomic mass is 15.2. The van der Waals surface area contributed by atoms with E-state index in [1.54, 1.807) is 0 Å². The van der Waals surface area contributed by atoms with Crippen molar-refractivity contribution in [3.63, 3.8) is 0 Å². The van der Waals surface area contributed by atoms with Gasteiger partial charge in [-0.25, -0.2) is 9.98 Å². The summed E-state index contributed by atoms with van der Waals surface area (Å²) in [6, 6.07) is 21.0. The SMILES string of the molecule is CCNC(=NCc1ncc(-c2ccccc2)[nH]1)NCC1(c2ccccc2)CC1. The van der Waals surface area contributed by atoms with E-state index in [2.05, 4.69) is 70.0 Å². The second-order valence-electron chi connectivity index (χ2n) is 7.30. The Balaban J connectivity index is 1.39. The van der Waals surface area contributed by atoms with Crippen LogP contribution in [0.1, 0.15) is 31.2 Å². The highest BCUT2D eigenvalue weighted by Crippen LogP contribution is 2.47. The van der Waals surface area contributed by atoms with Crippen molar-refractivity contribution in [1.82, 2.24) is 20.6 Å². The van der Waals surface area contributed by atoms with E-state index in [9.17, 15) is 0 Å². The van der Waals surface area contributed by atoms with Gasteiger partial charge in [-0.05, 0) is 30.9 Å². The van der Waals surface area contributed by atoms with Crippen molar-refractivity contribution in [3.05, 3.63) is 78.2 Å². The molecular weight excluding hydrogens is 346 g/mol. The van der Waals surface area contributed by atoms with E-state index in [1.165, 1.54) is 18.4 Å². The molecule has 0 unspecified atom stereocenters. The molecule has 1 aliphatic carbocycles. The summed E-state index contributed by atoms with van der Waals surface area (Å²) in [6.07, 6.45) is 4.32. The van der Waals surface area contributed by atoms with Crippen LogP contribution < -0.4 is 10.6 Å². The molecular formula is C23H27N5. The fourth-order valence-electron chi connectivity index (χ4n) is 3.47. The molecule has 3 N–H and O–H groups in total. The molecule has 0 aliphatic heterocycles. The Morgan fingerprint density at radius 2 is 1.75 bits per heavy atom. The molecule has 4 rings (SSSR count). The molecule has 2 aromatic carbocycles. The Labute approximate surface area is 166 Å². The van der Waals surface area contributed by atoms with Gasteiger partial charge in [0.05, 0.1) is 11.9 Å². The Kier molecular flexibility index (Phi) is 5.42. The van der Waals surface area contributed by atoms with Gasteiger partial charge in [-0.2, -0.15) is 0 Å². The maximum atomic E-state index is 4.72. The number of rotatable bonds is 7. The largest absolute Gasteiger partial charge is 0.357 e. The van der Waals surface area contributed by atoms with Gasteiger partial charge in [0.25, 0.3) is 0 Å². The van der Waals surface area contributed by atoms with Gasteiger partial charge in [0.2, 0.25) is 0 Å². The molecule has 5 nitrogen and oxygen atoms in total. The number of guanidine groups is 1. The Hall–Kier alpha value is -3.08. The number of hydrogen-bond donors (Lipinski definition) is 3. The topological polar surface area (TPSA) is 65.1 Å². The van der Waals surface area contributed by atoms with Crippen molar-refractivity contribution in [2.45, 2.75) is 31.7 Å². The quantitative estimate of drug-likeness (QED) is 0.435. The zero-order valence-electron chi connectivity index (χ0n) is 16.3. The minimum absolute atomic E-state index is 0.253. The van der Waals surface area contributed by atoms with Crippen LogP contribution >= 0.6 is 0 Å². The van der Waals surface area contributed by atoms with Crippen molar-refractivity contribution < 1.29 is 0 Å².